The van der Waals surface area contributed by atoms with Gasteiger partial charge in [-0.15, -0.1) is 0 Å². The molecule has 4 rings (SSSR count). The van der Waals surface area contributed by atoms with Crippen LogP contribution in [0.2, 0.25) is 0 Å². The Morgan fingerprint density at radius 3 is 2.74 bits per heavy atom. The molecule has 35 heavy (non-hydrogen) atoms. The Morgan fingerprint density at radius 1 is 1.37 bits per heavy atom. The van der Waals surface area contributed by atoms with Crippen LogP contribution in [0.1, 0.15) is 32.8 Å². The van der Waals surface area contributed by atoms with Gasteiger partial charge in [-0.05, 0) is 51.0 Å². The molecule has 12 heteroatoms. The Hall–Kier alpha value is -3.41. The lowest BCUT2D eigenvalue weighted by molar-refractivity contribution is 0.0556. The van der Waals surface area contributed by atoms with Crippen molar-refractivity contribution >= 4 is 39.0 Å². The number of amides is 2. The first kappa shape index (κ1) is 24.7. The number of anilines is 2. The molecule has 0 aliphatic carbocycles. The van der Waals surface area contributed by atoms with Gasteiger partial charge in [-0.1, -0.05) is 11.2 Å². The second kappa shape index (κ2) is 9.33. The number of ether oxygens (including phenoxy) is 2. The first-order valence-electron chi connectivity index (χ1n) is 11.0. The average molecular weight is 507 g/mol. The fraction of sp³-hybridized carbons (Fsp3) is 0.435. The normalized spacial score (nSPS) is 22.5. The standard InChI is InChI=1S/C23H27FN4O6S/c1-23(2,3)34-22(30)28(20-6-9-32-26-20)14-17-13-27(21(29)33-17)16-4-5-18(19(24)12-16)15-7-10-35(25,31)11-8-15/h4-7,9,12,17,25H,8,10-11,13-14H2,1-3H3/t17-,35?/m1/s1. The molecule has 0 bridgehead atoms. The molecule has 2 aliphatic rings. The summed E-state index contributed by atoms with van der Waals surface area (Å²) in [7, 11) is -2.63. The summed E-state index contributed by atoms with van der Waals surface area (Å²) >= 11 is 0. The number of cyclic esters (lactones) is 1. The van der Waals surface area contributed by atoms with Gasteiger partial charge in [0.1, 0.15) is 23.8 Å². The number of allylic oxidation sites excluding steroid dienone is 1. The van der Waals surface area contributed by atoms with Gasteiger partial charge in [0, 0.05) is 27.1 Å². The van der Waals surface area contributed by atoms with Gasteiger partial charge in [0.05, 0.1) is 24.5 Å². The highest BCUT2D eigenvalue weighted by Crippen LogP contribution is 2.30. The molecule has 1 aromatic carbocycles. The van der Waals surface area contributed by atoms with Gasteiger partial charge in [-0.2, -0.15) is 0 Å². The average Bonchev–Trinajstić information content (AvgIpc) is 3.41. The number of nitrogens with zero attached hydrogens (tertiary/aromatic N) is 3. The molecule has 10 nitrogen and oxygen atoms in total. The molecule has 3 heterocycles. The number of halogens is 1. The lowest BCUT2D eigenvalue weighted by Crippen LogP contribution is -2.42. The molecule has 188 valence electrons. The maximum Gasteiger partial charge on any atom is 0.416 e. The molecule has 2 aliphatic heterocycles. The van der Waals surface area contributed by atoms with Crippen LogP contribution in [-0.4, -0.2) is 57.9 Å². The van der Waals surface area contributed by atoms with Crippen LogP contribution in [0.4, 0.5) is 25.5 Å². The molecule has 1 saturated heterocycles. The van der Waals surface area contributed by atoms with Gasteiger partial charge in [0.15, 0.2) is 5.82 Å². The predicted molar refractivity (Wildman–Crippen MR) is 127 cm³/mol. The van der Waals surface area contributed by atoms with Crippen LogP contribution < -0.4 is 9.80 Å². The van der Waals surface area contributed by atoms with E-state index < -0.39 is 39.4 Å². The second-order valence-corrected chi connectivity index (χ2v) is 11.8. The lowest BCUT2D eigenvalue weighted by atomic mass is 10.0. The smallest absolute Gasteiger partial charge is 0.416 e. The van der Waals surface area contributed by atoms with E-state index in [1.807, 2.05) is 0 Å². The van der Waals surface area contributed by atoms with Gasteiger partial charge in [-0.25, -0.2) is 18.2 Å². The van der Waals surface area contributed by atoms with Crippen molar-refractivity contribution in [3.63, 3.8) is 0 Å². The third kappa shape index (κ3) is 5.81. The van der Waals surface area contributed by atoms with Gasteiger partial charge in [0.25, 0.3) is 0 Å². The number of aromatic nitrogens is 1. The molecule has 0 saturated carbocycles. The Morgan fingerprint density at radius 2 is 2.14 bits per heavy atom. The Bertz CT molecular complexity index is 1250. The highest BCUT2D eigenvalue weighted by Gasteiger charge is 2.37. The maximum atomic E-state index is 14.9. The van der Waals surface area contributed by atoms with Crippen molar-refractivity contribution in [3.8, 4) is 0 Å². The third-order valence-corrected chi connectivity index (χ3v) is 7.05. The summed E-state index contributed by atoms with van der Waals surface area (Å²) in [4.78, 5) is 27.8. The van der Waals surface area contributed by atoms with Crippen LogP contribution in [-0.2, 0) is 19.2 Å². The number of benzene rings is 1. The van der Waals surface area contributed by atoms with Crippen molar-refractivity contribution < 1.29 is 32.2 Å². The Labute approximate surface area is 202 Å². The Balaban J connectivity index is 1.49. The van der Waals surface area contributed by atoms with E-state index in [1.165, 1.54) is 28.2 Å². The summed E-state index contributed by atoms with van der Waals surface area (Å²) in [5.41, 5.74) is 0.615. The Kier molecular flexibility index (Phi) is 6.58. The maximum absolute atomic E-state index is 14.9. The van der Waals surface area contributed by atoms with E-state index in [-0.39, 0.29) is 30.4 Å². The van der Waals surface area contributed by atoms with Crippen LogP contribution >= 0.6 is 0 Å². The zero-order valence-electron chi connectivity index (χ0n) is 19.7. The molecule has 0 radical (unpaired) electrons. The van der Waals surface area contributed by atoms with Gasteiger partial charge in [-0.3, -0.25) is 14.6 Å². The first-order valence-corrected chi connectivity index (χ1v) is 12.9. The zero-order valence-corrected chi connectivity index (χ0v) is 20.5. The topological polar surface area (TPSA) is 126 Å². The van der Waals surface area contributed by atoms with Crippen LogP contribution in [0, 0.1) is 10.6 Å². The quantitative estimate of drug-likeness (QED) is 0.636. The van der Waals surface area contributed by atoms with E-state index in [0.29, 0.717) is 23.2 Å². The van der Waals surface area contributed by atoms with Crippen molar-refractivity contribution in [1.29, 1.82) is 4.78 Å². The largest absolute Gasteiger partial charge is 0.443 e. The molecule has 0 spiro atoms. The number of hydrogen-bond acceptors (Lipinski definition) is 8. The van der Waals surface area contributed by atoms with Gasteiger partial charge in [0.2, 0.25) is 0 Å². The number of carbonyl (C=O) groups excluding carboxylic acids is 2. The van der Waals surface area contributed by atoms with Crippen LogP contribution in [0.15, 0.2) is 41.1 Å². The molecule has 2 atom stereocenters. The highest BCUT2D eigenvalue weighted by molar-refractivity contribution is 7.92. The monoisotopic (exact) mass is 506 g/mol. The third-order valence-electron chi connectivity index (χ3n) is 5.49. The molecule has 2 amide bonds. The molecule has 1 N–H and O–H groups in total. The van der Waals surface area contributed by atoms with Crippen molar-refractivity contribution in [2.75, 3.05) is 34.4 Å². The fourth-order valence-electron chi connectivity index (χ4n) is 3.83. The SMILES string of the molecule is CC(C)(C)OC(=O)N(C[C@H]1CN(c2ccc(C3=CCS(=N)(=O)CC3)c(F)c2)C(=O)O1)c1ccon1. The van der Waals surface area contributed by atoms with Crippen LogP contribution in [0.25, 0.3) is 5.57 Å². The van der Waals surface area contributed by atoms with E-state index in [2.05, 4.69) is 5.16 Å². The summed E-state index contributed by atoms with van der Waals surface area (Å²) in [6, 6.07) is 5.91. The summed E-state index contributed by atoms with van der Waals surface area (Å²) in [5, 5.41) is 3.79. The van der Waals surface area contributed by atoms with Crippen molar-refractivity contribution in [3.05, 3.63) is 48.0 Å². The van der Waals surface area contributed by atoms with E-state index in [9.17, 15) is 18.2 Å². The van der Waals surface area contributed by atoms with E-state index in [0.717, 1.165) is 0 Å². The summed E-state index contributed by atoms with van der Waals surface area (Å²) in [6.07, 6.45) is 1.25. The van der Waals surface area contributed by atoms with Crippen molar-refractivity contribution in [2.24, 2.45) is 0 Å². The predicted octanol–water partition coefficient (Wildman–Crippen LogP) is 4.41. The molecule has 1 unspecified atom stereocenters. The molecule has 1 aromatic heterocycles. The van der Waals surface area contributed by atoms with E-state index >= 15 is 0 Å². The van der Waals surface area contributed by atoms with Gasteiger partial charge >= 0.3 is 12.2 Å². The minimum atomic E-state index is -2.63. The molecule has 2 aromatic rings. The first-order chi connectivity index (χ1) is 16.4. The second-order valence-electron chi connectivity index (χ2n) is 9.39. The number of hydrogen-bond donors (Lipinski definition) is 1. The summed E-state index contributed by atoms with van der Waals surface area (Å²) in [6.45, 7) is 5.24. The minimum absolute atomic E-state index is 0.0382. The minimum Gasteiger partial charge on any atom is -0.443 e. The van der Waals surface area contributed by atoms with E-state index in [1.54, 1.807) is 39.0 Å². The molecule has 1 fully saturated rings. The van der Waals surface area contributed by atoms with Crippen molar-refractivity contribution in [2.45, 2.75) is 38.9 Å². The molecular formula is C23H27FN4O6S. The molecular weight excluding hydrogens is 479 g/mol. The fourth-order valence-corrected chi connectivity index (χ4v) is 5.01. The summed E-state index contributed by atoms with van der Waals surface area (Å²) < 4.78 is 50.2. The van der Waals surface area contributed by atoms with Crippen molar-refractivity contribution in [1.82, 2.24) is 5.16 Å². The number of nitrogens with one attached hydrogen (secondary N) is 1. The highest BCUT2D eigenvalue weighted by atomic mass is 32.2. The van der Waals surface area contributed by atoms with Crippen LogP contribution in [0.5, 0.6) is 0 Å². The summed E-state index contributed by atoms with van der Waals surface area (Å²) in [5.74, 6) is -0.0220. The van der Waals surface area contributed by atoms with Crippen LogP contribution in [0.3, 0.4) is 0 Å². The lowest BCUT2D eigenvalue weighted by Gasteiger charge is -2.26. The number of rotatable bonds is 5. The van der Waals surface area contributed by atoms with E-state index in [4.69, 9.17) is 18.8 Å². The zero-order chi connectivity index (χ0) is 25.4. The van der Waals surface area contributed by atoms with Gasteiger partial charge < -0.3 is 14.0 Å². The number of carbonyl (C=O) groups is 2.